The van der Waals surface area contributed by atoms with Crippen molar-refractivity contribution in [1.29, 1.82) is 0 Å². The number of rotatable bonds is 10. The molecule has 0 aromatic carbocycles. The fourth-order valence-corrected chi connectivity index (χ4v) is 2.82. The Bertz CT molecular complexity index is 187. The Morgan fingerprint density at radius 3 is 1.56 bits per heavy atom. The highest BCUT2D eigenvalue weighted by molar-refractivity contribution is 4.72. The standard InChI is InChI=1S/C18H38/c1-7-14-18(6,8-2)16-13-11-9-10-12-15-17(3,4)5/h7-16H2,1-6H3. The average Bonchev–Trinajstić information content (AvgIpc) is 2.27. The maximum Gasteiger partial charge on any atom is -0.0329 e. The van der Waals surface area contributed by atoms with Crippen LogP contribution in [0.4, 0.5) is 0 Å². The van der Waals surface area contributed by atoms with Crippen LogP contribution in [0, 0.1) is 10.8 Å². The maximum atomic E-state index is 2.48. The molecule has 0 aromatic heterocycles. The summed E-state index contributed by atoms with van der Waals surface area (Å²) in [6.07, 6.45) is 14.1. The number of hydrogen-bond acceptors (Lipinski definition) is 0. The predicted molar refractivity (Wildman–Crippen MR) is 85.1 cm³/mol. The van der Waals surface area contributed by atoms with Crippen LogP contribution in [-0.4, -0.2) is 0 Å². The number of hydrogen-bond donors (Lipinski definition) is 0. The van der Waals surface area contributed by atoms with Crippen LogP contribution < -0.4 is 0 Å². The Balaban J connectivity index is 3.50. The molecule has 0 aliphatic rings. The van der Waals surface area contributed by atoms with Gasteiger partial charge in [0.15, 0.2) is 0 Å². The highest BCUT2D eigenvalue weighted by Crippen LogP contribution is 2.33. The molecule has 1 unspecified atom stereocenters. The lowest BCUT2D eigenvalue weighted by molar-refractivity contribution is 0.247. The molecular formula is C18H38. The highest BCUT2D eigenvalue weighted by Gasteiger charge is 2.19. The maximum absolute atomic E-state index is 2.48. The van der Waals surface area contributed by atoms with Crippen LogP contribution >= 0.6 is 0 Å². The lowest BCUT2D eigenvalue weighted by Gasteiger charge is -2.27. The third-order valence-corrected chi connectivity index (χ3v) is 4.41. The highest BCUT2D eigenvalue weighted by atomic mass is 14.2. The van der Waals surface area contributed by atoms with Gasteiger partial charge in [-0.2, -0.15) is 0 Å². The largest absolute Gasteiger partial charge is 0.0654 e. The quantitative estimate of drug-likeness (QED) is 0.369. The van der Waals surface area contributed by atoms with Crippen LogP contribution in [0.3, 0.4) is 0 Å². The summed E-state index contributed by atoms with van der Waals surface area (Å²) >= 11 is 0. The lowest BCUT2D eigenvalue weighted by atomic mass is 9.78. The second-order valence-electron chi connectivity index (χ2n) is 7.74. The predicted octanol–water partition coefficient (Wildman–Crippen LogP) is 6.98. The van der Waals surface area contributed by atoms with E-state index < -0.39 is 0 Å². The second kappa shape index (κ2) is 8.99. The molecule has 110 valence electrons. The van der Waals surface area contributed by atoms with E-state index >= 15 is 0 Å². The van der Waals surface area contributed by atoms with E-state index in [0.29, 0.717) is 10.8 Å². The van der Waals surface area contributed by atoms with E-state index in [2.05, 4.69) is 41.5 Å². The molecule has 0 radical (unpaired) electrons. The van der Waals surface area contributed by atoms with Crippen LogP contribution in [0.15, 0.2) is 0 Å². The first-order valence-corrected chi connectivity index (χ1v) is 8.33. The molecule has 0 saturated heterocycles. The molecule has 1 atom stereocenters. The minimum atomic E-state index is 0.530. The topological polar surface area (TPSA) is 0 Å². The minimum absolute atomic E-state index is 0.530. The van der Waals surface area contributed by atoms with Crippen LogP contribution in [0.1, 0.15) is 106 Å². The van der Waals surface area contributed by atoms with Gasteiger partial charge in [-0.1, -0.05) is 86.5 Å². The molecular weight excluding hydrogens is 216 g/mol. The Kier molecular flexibility index (Phi) is 8.99. The minimum Gasteiger partial charge on any atom is -0.0654 e. The summed E-state index contributed by atoms with van der Waals surface area (Å²) in [5.41, 5.74) is 1.15. The zero-order chi connectivity index (χ0) is 14.1. The van der Waals surface area contributed by atoms with E-state index in [1.54, 1.807) is 0 Å². The lowest BCUT2D eigenvalue weighted by Crippen LogP contribution is -2.14. The molecule has 0 nitrogen and oxygen atoms in total. The van der Waals surface area contributed by atoms with Gasteiger partial charge < -0.3 is 0 Å². The van der Waals surface area contributed by atoms with Crippen molar-refractivity contribution in [1.82, 2.24) is 0 Å². The zero-order valence-corrected chi connectivity index (χ0v) is 14.1. The van der Waals surface area contributed by atoms with Crippen molar-refractivity contribution in [2.24, 2.45) is 10.8 Å². The summed E-state index contributed by atoms with van der Waals surface area (Å²) in [5, 5.41) is 0. The van der Waals surface area contributed by atoms with E-state index in [1.165, 1.54) is 64.2 Å². The van der Waals surface area contributed by atoms with Crippen molar-refractivity contribution in [3.63, 3.8) is 0 Å². The fourth-order valence-electron chi connectivity index (χ4n) is 2.82. The molecule has 0 N–H and O–H groups in total. The third kappa shape index (κ3) is 9.97. The molecule has 0 amide bonds. The van der Waals surface area contributed by atoms with Crippen molar-refractivity contribution < 1.29 is 0 Å². The van der Waals surface area contributed by atoms with Crippen LogP contribution in [0.5, 0.6) is 0 Å². The van der Waals surface area contributed by atoms with Crippen molar-refractivity contribution in [2.75, 3.05) is 0 Å². The van der Waals surface area contributed by atoms with E-state index in [9.17, 15) is 0 Å². The van der Waals surface area contributed by atoms with Gasteiger partial charge in [0.1, 0.15) is 0 Å². The summed E-state index contributed by atoms with van der Waals surface area (Å²) in [4.78, 5) is 0. The molecule has 0 bridgehead atoms. The Morgan fingerprint density at radius 2 is 1.11 bits per heavy atom. The monoisotopic (exact) mass is 254 g/mol. The average molecular weight is 255 g/mol. The SMILES string of the molecule is CCCC(C)(CC)CCCCCCCC(C)(C)C. The molecule has 0 heterocycles. The third-order valence-electron chi connectivity index (χ3n) is 4.41. The number of unbranched alkanes of at least 4 members (excludes halogenated alkanes) is 4. The molecule has 0 rings (SSSR count). The van der Waals surface area contributed by atoms with Gasteiger partial charge in [0, 0.05) is 0 Å². The summed E-state index contributed by atoms with van der Waals surface area (Å²) in [5.74, 6) is 0. The molecule has 0 fully saturated rings. The zero-order valence-electron chi connectivity index (χ0n) is 14.1. The van der Waals surface area contributed by atoms with E-state index in [4.69, 9.17) is 0 Å². The Labute approximate surface area is 117 Å². The molecule has 0 aromatic rings. The summed E-state index contributed by atoms with van der Waals surface area (Å²) in [7, 11) is 0. The first-order chi connectivity index (χ1) is 8.33. The fraction of sp³-hybridized carbons (Fsp3) is 1.00. The van der Waals surface area contributed by atoms with Crippen molar-refractivity contribution >= 4 is 0 Å². The van der Waals surface area contributed by atoms with Gasteiger partial charge in [0.25, 0.3) is 0 Å². The molecule has 0 aliphatic heterocycles. The Morgan fingerprint density at radius 1 is 0.611 bits per heavy atom. The molecule has 0 aliphatic carbocycles. The van der Waals surface area contributed by atoms with Crippen molar-refractivity contribution in [3.8, 4) is 0 Å². The summed E-state index contributed by atoms with van der Waals surface area (Å²) in [6.45, 7) is 14.2. The van der Waals surface area contributed by atoms with Gasteiger partial charge in [-0.25, -0.2) is 0 Å². The van der Waals surface area contributed by atoms with E-state index in [-0.39, 0.29) is 0 Å². The van der Waals surface area contributed by atoms with Gasteiger partial charge in [0.2, 0.25) is 0 Å². The Hall–Kier alpha value is 0. The summed E-state index contributed by atoms with van der Waals surface area (Å²) < 4.78 is 0. The van der Waals surface area contributed by atoms with Gasteiger partial charge in [-0.15, -0.1) is 0 Å². The van der Waals surface area contributed by atoms with E-state index in [1.807, 2.05) is 0 Å². The van der Waals surface area contributed by atoms with Crippen LogP contribution in [-0.2, 0) is 0 Å². The summed E-state index contributed by atoms with van der Waals surface area (Å²) in [6, 6.07) is 0. The van der Waals surface area contributed by atoms with Gasteiger partial charge in [0.05, 0.1) is 0 Å². The first-order valence-electron chi connectivity index (χ1n) is 8.33. The van der Waals surface area contributed by atoms with Crippen molar-refractivity contribution in [2.45, 2.75) is 106 Å². The van der Waals surface area contributed by atoms with Gasteiger partial charge in [-0.05, 0) is 30.1 Å². The van der Waals surface area contributed by atoms with Gasteiger partial charge >= 0.3 is 0 Å². The molecule has 0 heteroatoms. The molecule has 0 saturated carbocycles. The molecule has 0 spiro atoms. The smallest absolute Gasteiger partial charge is 0.0329 e. The molecule has 18 heavy (non-hydrogen) atoms. The van der Waals surface area contributed by atoms with Crippen LogP contribution in [0.25, 0.3) is 0 Å². The van der Waals surface area contributed by atoms with Crippen molar-refractivity contribution in [3.05, 3.63) is 0 Å². The van der Waals surface area contributed by atoms with E-state index in [0.717, 1.165) is 0 Å². The van der Waals surface area contributed by atoms with Gasteiger partial charge in [-0.3, -0.25) is 0 Å². The normalized spacial score (nSPS) is 15.7. The van der Waals surface area contributed by atoms with Crippen LogP contribution in [0.2, 0.25) is 0 Å². The second-order valence-corrected chi connectivity index (χ2v) is 7.74. The first kappa shape index (κ1) is 18.0.